The molecule has 1 aliphatic rings. The average molecular weight is 253 g/mol. The number of rotatable bonds is 5. The quantitative estimate of drug-likeness (QED) is 0.820. The van der Waals surface area contributed by atoms with E-state index in [0.717, 1.165) is 19.6 Å². The van der Waals surface area contributed by atoms with Crippen molar-refractivity contribution in [3.8, 4) is 6.01 Å². The highest BCUT2D eigenvalue weighted by Gasteiger charge is 2.23. The van der Waals surface area contributed by atoms with Crippen LogP contribution in [0, 0.1) is 0 Å². The summed E-state index contributed by atoms with van der Waals surface area (Å²) in [5, 5.41) is 3.07. The van der Waals surface area contributed by atoms with Gasteiger partial charge in [0.05, 0.1) is 19.8 Å². The molecule has 0 aromatic carbocycles. The SMILES string of the molecule is CCNc1nc(OC)nc(N(C)C2CCOC2)n1. The molecule has 0 bridgehead atoms. The number of ether oxygens (including phenoxy) is 2. The number of nitrogens with one attached hydrogen (secondary N) is 1. The topological polar surface area (TPSA) is 72.4 Å². The normalized spacial score (nSPS) is 18.7. The summed E-state index contributed by atoms with van der Waals surface area (Å²) in [6.07, 6.45) is 0.987. The van der Waals surface area contributed by atoms with Gasteiger partial charge in [-0.05, 0) is 13.3 Å². The summed E-state index contributed by atoms with van der Waals surface area (Å²) in [5.41, 5.74) is 0. The van der Waals surface area contributed by atoms with Crippen LogP contribution < -0.4 is 15.0 Å². The number of hydrogen-bond donors (Lipinski definition) is 1. The minimum atomic E-state index is 0.312. The second kappa shape index (κ2) is 5.81. The van der Waals surface area contributed by atoms with E-state index in [0.29, 0.717) is 30.6 Å². The summed E-state index contributed by atoms with van der Waals surface area (Å²) in [7, 11) is 3.51. The van der Waals surface area contributed by atoms with Crippen molar-refractivity contribution in [2.45, 2.75) is 19.4 Å². The lowest BCUT2D eigenvalue weighted by atomic mass is 10.2. The van der Waals surface area contributed by atoms with Gasteiger partial charge in [0.2, 0.25) is 11.9 Å². The Labute approximate surface area is 107 Å². The fourth-order valence-electron chi connectivity index (χ4n) is 1.82. The Morgan fingerprint density at radius 3 is 2.89 bits per heavy atom. The summed E-state index contributed by atoms with van der Waals surface area (Å²) in [6, 6.07) is 0.633. The highest BCUT2D eigenvalue weighted by Crippen LogP contribution is 2.19. The summed E-state index contributed by atoms with van der Waals surface area (Å²) in [4.78, 5) is 14.8. The van der Waals surface area contributed by atoms with Crippen molar-refractivity contribution in [3.05, 3.63) is 0 Å². The van der Waals surface area contributed by atoms with Gasteiger partial charge < -0.3 is 19.7 Å². The zero-order chi connectivity index (χ0) is 13.0. The molecule has 0 spiro atoms. The van der Waals surface area contributed by atoms with Gasteiger partial charge in [0.1, 0.15) is 0 Å². The van der Waals surface area contributed by atoms with Gasteiger partial charge in [-0.2, -0.15) is 15.0 Å². The van der Waals surface area contributed by atoms with Gasteiger partial charge in [0.15, 0.2) is 0 Å². The second-order valence-electron chi connectivity index (χ2n) is 4.10. The minimum absolute atomic E-state index is 0.312. The van der Waals surface area contributed by atoms with Crippen molar-refractivity contribution >= 4 is 11.9 Å². The van der Waals surface area contributed by atoms with E-state index < -0.39 is 0 Å². The highest BCUT2D eigenvalue weighted by molar-refractivity contribution is 5.38. The second-order valence-corrected chi connectivity index (χ2v) is 4.10. The van der Waals surface area contributed by atoms with Crippen LogP contribution in [0.25, 0.3) is 0 Å². The number of aromatic nitrogens is 3. The van der Waals surface area contributed by atoms with Crippen LogP contribution in [0.3, 0.4) is 0 Å². The third-order valence-electron chi connectivity index (χ3n) is 2.89. The monoisotopic (exact) mass is 253 g/mol. The lowest BCUT2D eigenvalue weighted by Gasteiger charge is -2.23. The van der Waals surface area contributed by atoms with Crippen molar-refractivity contribution in [2.75, 3.05) is 44.1 Å². The van der Waals surface area contributed by atoms with Gasteiger partial charge in [-0.3, -0.25) is 0 Å². The van der Waals surface area contributed by atoms with Crippen LogP contribution in [0.5, 0.6) is 6.01 Å². The van der Waals surface area contributed by atoms with E-state index in [1.807, 2.05) is 18.9 Å². The lowest BCUT2D eigenvalue weighted by molar-refractivity contribution is 0.193. The molecule has 7 nitrogen and oxygen atoms in total. The maximum atomic E-state index is 5.37. The smallest absolute Gasteiger partial charge is 0.322 e. The third kappa shape index (κ3) is 2.79. The van der Waals surface area contributed by atoms with Crippen molar-refractivity contribution < 1.29 is 9.47 Å². The fourth-order valence-corrected chi connectivity index (χ4v) is 1.82. The molecular formula is C11H19N5O2. The molecule has 0 amide bonds. The summed E-state index contributed by atoms with van der Waals surface area (Å²) >= 11 is 0. The standard InChI is InChI=1S/C11H19N5O2/c1-4-12-9-13-10(15-11(14-9)17-3)16(2)8-5-6-18-7-8/h8H,4-7H2,1-3H3,(H,12,13,14,15). The summed E-state index contributed by atoms with van der Waals surface area (Å²) in [5.74, 6) is 1.14. The number of anilines is 2. The Balaban J connectivity index is 2.21. The molecule has 0 aliphatic carbocycles. The van der Waals surface area contributed by atoms with Gasteiger partial charge in [-0.15, -0.1) is 0 Å². The molecule has 1 aromatic rings. The van der Waals surface area contributed by atoms with Gasteiger partial charge in [0, 0.05) is 20.2 Å². The predicted octanol–water partition coefficient (Wildman–Crippen LogP) is 0.537. The average Bonchev–Trinajstić information content (AvgIpc) is 2.91. The van der Waals surface area contributed by atoms with Crippen LogP contribution in [-0.4, -0.2) is 54.9 Å². The molecule has 0 saturated carbocycles. The van der Waals surface area contributed by atoms with Crippen molar-refractivity contribution in [1.82, 2.24) is 15.0 Å². The molecule has 1 aliphatic heterocycles. The van der Waals surface area contributed by atoms with Crippen molar-refractivity contribution in [3.63, 3.8) is 0 Å². The van der Waals surface area contributed by atoms with Crippen LogP contribution in [0.4, 0.5) is 11.9 Å². The zero-order valence-electron chi connectivity index (χ0n) is 11.0. The van der Waals surface area contributed by atoms with E-state index in [1.165, 1.54) is 0 Å². The molecule has 2 rings (SSSR count). The fraction of sp³-hybridized carbons (Fsp3) is 0.727. The Morgan fingerprint density at radius 2 is 2.28 bits per heavy atom. The summed E-state index contributed by atoms with van der Waals surface area (Å²) < 4.78 is 10.5. The molecule has 1 atom stereocenters. The van der Waals surface area contributed by atoms with Crippen LogP contribution in [0.2, 0.25) is 0 Å². The first-order valence-corrected chi connectivity index (χ1v) is 6.09. The van der Waals surface area contributed by atoms with Crippen molar-refractivity contribution in [1.29, 1.82) is 0 Å². The van der Waals surface area contributed by atoms with E-state index in [9.17, 15) is 0 Å². The number of hydrogen-bond acceptors (Lipinski definition) is 7. The van der Waals surface area contributed by atoms with E-state index >= 15 is 0 Å². The molecule has 18 heavy (non-hydrogen) atoms. The Bertz CT molecular complexity index is 395. The minimum Gasteiger partial charge on any atom is -0.467 e. The first kappa shape index (κ1) is 12.8. The maximum absolute atomic E-state index is 5.37. The molecule has 1 unspecified atom stereocenters. The molecule has 100 valence electrons. The van der Waals surface area contributed by atoms with Gasteiger partial charge >= 0.3 is 6.01 Å². The molecule has 1 saturated heterocycles. The number of likely N-dealkylation sites (N-methyl/N-ethyl adjacent to an activating group) is 1. The van der Waals surface area contributed by atoms with Crippen LogP contribution >= 0.6 is 0 Å². The van der Waals surface area contributed by atoms with E-state index in [-0.39, 0.29) is 0 Å². The number of methoxy groups -OCH3 is 1. The first-order chi connectivity index (χ1) is 8.74. The predicted molar refractivity (Wildman–Crippen MR) is 68.2 cm³/mol. The molecular weight excluding hydrogens is 234 g/mol. The van der Waals surface area contributed by atoms with E-state index in [1.54, 1.807) is 7.11 Å². The van der Waals surface area contributed by atoms with Gasteiger partial charge in [0.25, 0.3) is 0 Å². The molecule has 1 N–H and O–H groups in total. The Morgan fingerprint density at radius 1 is 1.44 bits per heavy atom. The molecule has 2 heterocycles. The van der Waals surface area contributed by atoms with Gasteiger partial charge in [-0.25, -0.2) is 0 Å². The molecule has 7 heteroatoms. The van der Waals surface area contributed by atoms with E-state index in [2.05, 4.69) is 20.3 Å². The summed E-state index contributed by atoms with van der Waals surface area (Å²) in [6.45, 7) is 4.24. The lowest BCUT2D eigenvalue weighted by Crippen LogP contribution is -2.33. The Kier molecular flexibility index (Phi) is 4.14. The molecule has 0 radical (unpaired) electrons. The van der Waals surface area contributed by atoms with Crippen LogP contribution in [0.15, 0.2) is 0 Å². The van der Waals surface area contributed by atoms with Gasteiger partial charge in [-0.1, -0.05) is 0 Å². The number of nitrogens with zero attached hydrogens (tertiary/aromatic N) is 4. The third-order valence-corrected chi connectivity index (χ3v) is 2.89. The largest absolute Gasteiger partial charge is 0.467 e. The Hall–Kier alpha value is -1.63. The van der Waals surface area contributed by atoms with Crippen LogP contribution in [0.1, 0.15) is 13.3 Å². The zero-order valence-corrected chi connectivity index (χ0v) is 11.0. The maximum Gasteiger partial charge on any atom is 0.322 e. The van der Waals surface area contributed by atoms with Crippen molar-refractivity contribution in [2.24, 2.45) is 0 Å². The first-order valence-electron chi connectivity index (χ1n) is 6.09. The molecule has 1 fully saturated rings. The highest BCUT2D eigenvalue weighted by atomic mass is 16.5. The van der Waals surface area contributed by atoms with Crippen LogP contribution in [-0.2, 0) is 4.74 Å². The molecule has 1 aromatic heterocycles. The van der Waals surface area contributed by atoms with E-state index in [4.69, 9.17) is 9.47 Å².